The highest BCUT2D eigenvalue weighted by molar-refractivity contribution is 5.33. The van der Waals surface area contributed by atoms with E-state index in [4.69, 9.17) is 9.84 Å². The number of phenols is 1. The van der Waals surface area contributed by atoms with Gasteiger partial charge in [0, 0.05) is 5.56 Å². The fourth-order valence-electron chi connectivity index (χ4n) is 1.62. The highest BCUT2D eigenvalue weighted by Crippen LogP contribution is 2.25. The maximum absolute atomic E-state index is 13.6. The smallest absolute Gasteiger partial charge is 0.200 e. The summed E-state index contributed by atoms with van der Waals surface area (Å²) in [7, 11) is 0. The van der Waals surface area contributed by atoms with Crippen LogP contribution in [0.2, 0.25) is 0 Å². The monoisotopic (exact) mass is 286 g/mol. The summed E-state index contributed by atoms with van der Waals surface area (Å²) >= 11 is 0. The molecule has 0 saturated heterocycles. The Labute approximate surface area is 112 Å². The van der Waals surface area contributed by atoms with Gasteiger partial charge in [0.05, 0.1) is 0 Å². The van der Waals surface area contributed by atoms with Crippen LogP contribution in [-0.2, 0) is 6.61 Å². The van der Waals surface area contributed by atoms with Gasteiger partial charge in [0.15, 0.2) is 29.0 Å². The van der Waals surface area contributed by atoms with E-state index in [0.29, 0.717) is 0 Å². The topological polar surface area (TPSA) is 29.5 Å². The quantitative estimate of drug-likeness (QED) is 0.869. The molecular formula is C14H10F4O2. The number of ether oxygens (including phenoxy) is 1. The molecule has 0 saturated carbocycles. The van der Waals surface area contributed by atoms with E-state index >= 15 is 0 Å². The van der Waals surface area contributed by atoms with Gasteiger partial charge in [-0.05, 0) is 36.8 Å². The third-order valence-corrected chi connectivity index (χ3v) is 2.75. The van der Waals surface area contributed by atoms with E-state index in [1.807, 2.05) is 0 Å². The van der Waals surface area contributed by atoms with Gasteiger partial charge in [-0.25, -0.2) is 13.2 Å². The predicted octanol–water partition coefficient (Wildman–Crippen LogP) is 3.84. The summed E-state index contributed by atoms with van der Waals surface area (Å²) in [6.07, 6.45) is 0. The van der Waals surface area contributed by atoms with Gasteiger partial charge in [-0.1, -0.05) is 0 Å². The van der Waals surface area contributed by atoms with Crippen molar-refractivity contribution >= 4 is 0 Å². The van der Waals surface area contributed by atoms with Crippen LogP contribution in [0.15, 0.2) is 24.3 Å². The van der Waals surface area contributed by atoms with Gasteiger partial charge in [0.1, 0.15) is 12.4 Å². The minimum Gasteiger partial charge on any atom is -0.505 e. The molecule has 0 aliphatic carbocycles. The van der Waals surface area contributed by atoms with Gasteiger partial charge in [-0.2, -0.15) is 4.39 Å². The zero-order valence-electron chi connectivity index (χ0n) is 10.4. The van der Waals surface area contributed by atoms with E-state index in [1.165, 1.54) is 6.92 Å². The van der Waals surface area contributed by atoms with Crippen LogP contribution in [0.5, 0.6) is 11.5 Å². The van der Waals surface area contributed by atoms with Crippen molar-refractivity contribution in [2.24, 2.45) is 0 Å². The minimum absolute atomic E-state index is 0.114. The average molecular weight is 286 g/mol. The third-order valence-electron chi connectivity index (χ3n) is 2.75. The summed E-state index contributed by atoms with van der Waals surface area (Å²) in [6.45, 7) is 0.952. The highest BCUT2D eigenvalue weighted by atomic mass is 19.2. The molecule has 0 aromatic heterocycles. The maximum atomic E-state index is 13.6. The number of phenolic OH excluding ortho intramolecular Hbond substituents is 1. The molecule has 0 unspecified atom stereocenters. The molecule has 0 aliphatic heterocycles. The Kier molecular flexibility index (Phi) is 3.83. The fraction of sp³-hybridized carbons (Fsp3) is 0.143. The van der Waals surface area contributed by atoms with Crippen LogP contribution in [0.3, 0.4) is 0 Å². The Morgan fingerprint density at radius 1 is 1.00 bits per heavy atom. The number of hydrogen-bond donors (Lipinski definition) is 1. The van der Waals surface area contributed by atoms with Crippen LogP contribution >= 0.6 is 0 Å². The summed E-state index contributed by atoms with van der Waals surface area (Å²) in [4.78, 5) is 0. The first-order valence-electron chi connectivity index (χ1n) is 5.64. The lowest BCUT2D eigenvalue weighted by Gasteiger charge is -2.10. The van der Waals surface area contributed by atoms with Crippen molar-refractivity contribution in [1.29, 1.82) is 0 Å². The van der Waals surface area contributed by atoms with Crippen LogP contribution in [0.1, 0.15) is 11.1 Å². The number of halogens is 4. The Morgan fingerprint density at radius 3 is 2.35 bits per heavy atom. The molecule has 0 amide bonds. The molecule has 0 bridgehead atoms. The van der Waals surface area contributed by atoms with Crippen molar-refractivity contribution in [3.8, 4) is 11.5 Å². The van der Waals surface area contributed by atoms with E-state index in [1.54, 1.807) is 0 Å². The van der Waals surface area contributed by atoms with Crippen molar-refractivity contribution in [3.05, 3.63) is 58.7 Å². The van der Waals surface area contributed by atoms with Gasteiger partial charge in [-0.15, -0.1) is 0 Å². The molecule has 0 heterocycles. The van der Waals surface area contributed by atoms with Gasteiger partial charge >= 0.3 is 0 Å². The van der Waals surface area contributed by atoms with Crippen LogP contribution < -0.4 is 4.74 Å². The van der Waals surface area contributed by atoms with Crippen LogP contribution in [0.4, 0.5) is 17.6 Å². The van der Waals surface area contributed by atoms with Crippen molar-refractivity contribution in [2.45, 2.75) is 13.5 Å². The largest absolute Gasteiger partial charge is 0.505 e. The maximum Gasteiger partial charge on any atom is 0.200 e. The molecule has 2 aromatic rings. The molecule has 0 aliphatic rings. The van der Waals surface area contributed by atoms with E-state index in [0.717, 1.165) is 24.3 Å². The molecule has 20 heavy (non-hydrogen) atoms. The Morgan fingerprint density at radius 2 is 1.70 bits per heavy atom. The van der Waals surface area contributed by atoms with E-state index < -0.39 is 29.0 Å². The van der Waals surface area contributed by atoms with E-state index in [9.17, 15) is 17.6 Å². The first kappa shape index (κ1) is 14.2. The summed E-state index contributed by atoms with van der Waals surface area (Å²) in [5, 5.41) is 9.12. The van der Waals surface area contributed by atoms with Gasteiger partial charge in [-0.3, -0.25) is 0 Å². The fourth-order valence-corrected chi connectivity index (χ4v) is 1.62. The van der Waals surface area contributed by atoms with Crippen molar-refractivity contribution in [2.75, 3.05) is 0 Å². The average Bonchev–Trinajstić information content (AvgIpc) is 2.41. The summed E-state index contributed by atoms with van der Waals surface area (Å²) in [5.74, 6) is -5.25. The second kappa shape index (κ2) is 5.40. The molecule has 0 spiro atoms. The second-order valence-corrected chi connectivity index (χ2v) is 4.18. The lowest BCUT2D eigenvalue weighted by molar-refractivity contribution is 0.286. The Hall–Kier alpha value is -2.24. The number of aromatic hydroxyl groups is 1. The molecule has 0 fully saturated rings. The van der Waals surface area contributed by atoms with Gasteiger partial charge < -0.3 is 9.84 Å². The van der Waals surface area contributed by atoms with Gasteiger partial charge in [0.25, 0.3) is 0 Å². The standard InChI is InChI=1S/C14H10F4O2/c1-7-9(15)2-3-12(13(7)17)20-6-8-4-10(16)14(18)11(19)5-8/h2-5,19H,6H2,1H3. The van der Waals surface area contributed by atoms with Crippen molar-refractivity contribution < 1.29 is 27.4 Å². The van der Waals surface area contributed by atoms with Gasteiger partial charge in [0.2, 0.25) is 0 Å². The summed E-state index contributed by atoms with van der Waals surface area (Å²) in [5.41, 5.74) is -0.0848. The summed E-state index contributed by atoms with van der Waals surface area (Å²) in [6, 6.07) is 3.92. The summed E-state index contributed by atoms with van der Waals surface area (Å²) < 4.78 is 57.7. The third kappa shape index (κ3) is 2.68. The van der Waals surface area contributed by atoms with Crippen molar-refractivity contribution in [1.82, 2.24) is 0 Å². The number of hydrogen-bond acceptors (Lipinski definition) is 2. The number of rotatable bonds is 3. The molecule has 2 nitrogen and oxygen atoms in total. The van der Waals surface area contributed by atoms with E-state index in [2.05, 4.69) is 0 Å². The molecule has 2 rings (SSSR count). The number of benzene rings is 2. The van der Waals surface area contributed by atoms with Crippen molar-refractivity contribution in [3.63, 3.8) is 0 Å². The normalized spacial score (nSPS) is 10.7. The molecule has 106 valence electrons. The highest BCUT2D eigenvalue weighted by Gasteiger charge is 2.13. The van der Waals surface area contributed by atoms with Crippen LogP contribution in [0.25, 0.3) is 0 Å². The first-order chi connectivity index (χ1) is 9.40. The lowest BCUT2D eigenvalue weighted by Crippen LogP contribution is -2.01. The van der Waals surface area contributed by atoms with E-state index in [-0.39, 0.29) is 23.5 Å². The zero-order valence-corrected chi connectivity index (χ0v) is 10.4. The Bertz CT molecular complexity index is 633. The SMILES string of the molecule is Cc1c(F)ccc(OCc2cc(O)c(F)c(F)c2)c1F. The minimum atomic E-state index is -1.36. The molecular weight excluding hydrogens is 276 g/mol. The Balaban J connectivity index is 2.19. The molecule has 6 heteroatoms. The predicted molar refractivity (Wildman–Crippen MR) is 63.4 cm³/mol. The molecule has 0 atom stereocenters. The zero-order chi connectivity index (χ0) is 14.9. The van der Waals surface area contributed by atoms with Crippen LogP contribution in [-0.4, -0.2) is 5.11 Å². The first-order valence-corrected chi connectivity index (χ1v) is 5.64. The second-order valence-electron chi connectivity index (χ2n) is 4.18. The molecule has 1 N–H and O–H groups in total. The molecule has 2 aromatic carbocycles. The lowest BCUT2D eigenvalue weighted by atomic mass is 10.2. The molecule has 0 radical (unpaired) electrons. The van der Waals surface area contributed by atoms with Crippen LogP contribution in [0, 0.1) is 30.2 Å².